The molecule has 0 aliphatic heterocycles. The molecule has 1 aromatic carbocycles. The van der Waals surface area contributed by atoms with Crippen LogP contribution in [-0.2, 0) is 0 Å². The van der Waals surface area contributed by atoms with E-state index in [0.717, 1.165) is 0 Å². The molecule has 0 saturated carbocycles. The lowest BCUT2D eigenvalue weighted by Gasteiger charge is -2.21. The minimum Gasteiger partial charge on any atom is -0.479 e. The van der Waals surface area contributed by atoms with Crippen LogP contribution in [0.2, 0.25) is 0 Å². The molecule has 0 aliphatic carbocycles. The van der Waals surface area contributed by atoms with Crippen molar-refractivity contribution in [3.63, 3.8) is 0 Å². The summed E-state index contributed by atoms with van der Waals surface area (Å²) in [4.78, 5) is 0. The minimum absolute atomic E-state index is 0.183. The third kappa shape index (κ3) is 3.38. The van der Waals surface area contributed by atoms with Crippen LogP contribution in [0.4, 0.5) is 13.2 Å². The van der Waals surface area contributed by atoms with Gasteiger partial charge < -0.3 is 10.5 Å². The van der Waals surface area contributed by atoms with Gasteiger partial charge in [0.05, 0.1) is 0 Å². The average Bonchev–Trinajstić information content (AvgIpc) is 2.17. The van der Waals surface area contributed by atoms with Crippen molar-refractivity contribution < 1.29 is 17.9 Å². The third-order valence-corrected chi connectivity index (χ3v) is 2.49. The number of ether oxygens (including phenoxy) is 1. The van der Waals surface area contributed by atoms with Gasteiger partial charge in [0, 0.05) is 11.0 Å². The fraction of sp³-hybridized carbons (Fsp3) is 0.400. The molecule has 6 heteroatoms. The zero-order chi connectivity index (χ0) is 12.3. The molecule has 0 bridgehead atoms. The van der Waals surface area contributed by atoms with E-state index in [1.807, 2.05) is 0 Å². The second-order valence-electron chi connectivity index (χ2n) is 3.29. The Balaban J connectivity index is 2.90. The van der Waals surface area contributed by atoms with Crippen molar-refractivity contribution in [1.29, 1.82) is 0 Å². The molecule has 1 aromatic rings. The standard InChI is InChI=1S/C10H11BrF3NO/c1-6-2-3-7(11)4-8(6)16-9(5-15)10(12,13)14/h2-4,9H,5,15H2,1H3. The number of hydrogen-bond acceptors (Lipinski definition) is 2. The van der Waals surface area contributed by atoms with Gasteiger partial charge in [-0.3, -0.25) is 0 Å². The summed E-state index contributed by atoms with van der Waals surface area (Å²) in [5.41, 5.74) is 5.67. The van der Waals surface area contributed by atoms with E-state index in [1.165, 1.54) is 6.07 Å². The van der Waals surface area contributed by atoms with Crippen LogP contribution in [0.5, 0.6) is 5.75 Å². The molecule has 0 aliphatic rings. The lowest BCUT2D eigenvalue weighted by Crippen LogP contribution is -2.40. The van der Waals surface area contributed by atoms with Gasteiger partial charge in [0.15, 0.2) is 0 Å². The van der Waals surface area contributed by atoms with E-state index in [-0.39, 0.29) is 5.75 Å². The highest BCUT2D eigenvalue weighted by atomic mass is 79.9. The van der Waals surface area contributed by atoms with Crippen molar-refractivity contribution >= 4 is 15.9 Å². The van der Waals surface area contributed by atoms with Crippen LogP contribution in [0.25, 0.3) is 0 Å². The van der Waals surface area contributed by atoms with Crippen molar-refractivity contribution in [2.24, 2.45) is 5.73 Å². The van der Waals surface area contributed by atoms with E-state index >= 15 is 0 Å². The molecule has 2 nitrogen and oxygen atoms in total. The Kier molecular flexibility index (Phi) is 4.21. The summed E-state index contributed by atoms with van der Waals surface area (Å²) in [6, 6.07) is 4.89. The Morgan fingerprint density at radius 1 is 1.44 bits per heavy atom. The van der Waals surface area contributed by atoms with E-state index in [0.29, 0.717) is 10.0 Å². The summed E-state index contributed by atoms with van der Waals surface area (Å²) in [5.74, 6) is 0.183. The van der Waals surface area contributed by atoms with Crippen molar-refractivity contribution in [1.82, 2.24) is 0 Å². The van der Waals surface area contributed by atoms with E-state index in [2.05, 4.69) is 15.9 Å². The van der Waals surface area contributed by atoms with Gasteiger partial charge in [-0.15, -0.1) is 0 Å². The quantitative estimate of drug-likeness (QED) is 0.931. The van der Waals surface area contributed by atoms with E-state index in [4.69, 9.17) is 10.5 Å². The van der Waals surface area contributed by atoms with Gasteiger partial charge in [0.1, 0.15) is 5.75 Å². The lowest BCUT2D eigenvalue weighted by molar-refractivity contribution is -0.191. The molecule has 0 spiro atoms. The van der Waals surface area contributed by atoms with Gasteiger partial charge in [-0.2, -0.15) is 13.2 Å². The first kappa shape index (κ1) is 13.3. The molecule has 1 atom stereocenters. The van der Waals surface area contributed by atoms with Gasteiger partial charge in [0.2, 0.25) is 6.10 Å². The van der Waals surface area contributed by atoms with Gasteiger partial charge in [-0.1, -0.05) is 22.0 Å². The maximum atomic E-state index is 12.4. The summed E-state index contributed by atoms with van der Waals surface area (Å²) in [5, 5.41) is 0. The first-order valence-corrected chi connectivity index (χ1v) is 5.33. The van der Waals surface area contributed by atoms with Crippen molar-refractivity contribution in [3.05, 3.63) is 28.2 Å². The number of rotatable bonds is 3. The Morgan fingerprint density at radius 3 is 2.56 bits per heavy atom. The van der Waals surface area contributed by atoms with E-state index in [1.54, 1.807) is 19.1 Å². The molecule has 0 aromatic heterocycles. The highest BCUT2D eigenvalue weighted by Gasteiger charge is 2.40. The summed E-state index contributed by atoms with van der Waals surface area (Å²) in [7, 11) is 0. The summed E-state index contributed by atoms with van der Waals surface area (Å²) < 4.78 is 42.8. The number of nitrogens with two attached hydrogens (primary N) is 1. The second kappa shape index (κ2) is 5.05. The van der Waals surface area contributed by atoms with Gasteiger partial charge in [-0.05, 0) is 24.6 Å². The number of halogens is 4. The van der Waals surface area contributed by atoms with Crippen LogP contribution >= 0.6 is 15.9 Å². The molecular formula is C10H11BrF3NO. The van der Waals surface area contributed by atoms with Crippen molar-refractivity contribution in [2.75, 3.05) is 6.54 Å². The molecule has 0 amide bonds. The largest absolute Gasteiger partial charge is 0.479 e. The van der Waals surface area contributed by atoms with Gasteiger partial charge >= 0.3 is 6.18 Å². The molecular weight excluding hydrogens is 287 g/mol. The first-order chi connectivity index (χ1) is 7.34. The fourth-order valence-electron chi connectivity index (χ4n) is 1.10. The molecule has 0 saturated heterocycles. The monoisotopic (exact) mass is 297 g/mol. The van der Waals surface area contributed by atoms with E-state index in [9.17, 15) is 13.2 Å². The molecule has 1 rings (SSSR count). The Hall–Kier alpha value is -0.750. The Morgan fingerprint density at radius 2 is 2.06 bits per heavy atom. The highest BCUT2D eigenvalue weighted by Crippen LogP contribution is 2.28. The smallest absolute Gasteiger partial charge is 0.426 e. The van der Waals surface area contributed by atoms with Gasteiger partial charge in [-0.25, -0.2) is 0 Å². The molecule has 1 unspecified atom stereocenters. The average molecular weight is 298 g/mol. The van der Waals surface area contributed by atoms with Crippen LogP contribution in [0, 0.1) is 6.92 Å². The lowest BCUT2D eigenvalue weighted by atomic mass is 10.2. The van der Waals surface area contributed by atoms with Crippen molar-refractivity contribution in [2.45, 2.75) is 19.2 Å². The topological polar surface area (TPSA) is 35.2 Å². The predicted molar refractivity (Wildman–Crippen MR) is 58.4 cm³/mol. The summed E-state index contributed by atoms with van der Waals surface area (Å²) >= 11 is 3.17. The highest BCUT2D eigenvalue weighted by molar-refractivity contribution is 9.10. The van der Waals surface area contributed by atoms with Gasteiger partial charge in [0.25, 0.3) is 0 Å². The Labute approximate surface area is 99.7 Å². The molecule has 2 N–H and O–H groups in total. The van der Waals surface area contributed by atoms with Crippen molar-refractivity contribution in [3.8, 4) is 5.75 Å². The predicted octanol–water partition coefficient (Wildman–Crippen LogP) is 3.03. The van der Waals surface area contributed by atoms with Crippen LogP contribution in [0.3, 0.4) is 0 Å². The number of alkyl halides is 3. The summed E-state index contributed by atoms with van der Waals surface area (Å²) in [6.07, 6.45) is -6.43. The third-order valence-electron chi connectivity index (χ3n) is 2.00. The van der Waals surface area contributed by atoms with Crippen LogP contribution in [0.15, 0.2) is 22.7 Å². The molecule has 0 radical (unpaired) electrons. The Bertz CT molecular complexity index is 368. The van der Waals surface area contributed by atoms with Crippen LogP contribution < -0.4 is 10.5 Å². The van der Waals surface area contributed by atoms with E-state index < -0.39 is 18.8 Å². The molecule has 16 heavy (non-hydrogen) atoms. The number of aryl methyl sites for hydroxylation is 1. The zero-order valence-electron chi connectivity index (χ0n) is 8.51. The fourth-order valence-corrected chi connectivity index (χ4v) is 1.44. The minimum atomic E-state index is -4.45. The normalized spacial score (nSPS) is 13.6. The summed E-state index contributed by atoms with van der Waals surface area (Å²) in [6.45, 7) is 1.07. The first-order valence-electron chi connectivity index (χ1n) is 4.54. The zero-order valence-corrected chi connectivity index (χ0v) is 10.1. The number of hydrogen-bond donors (Lipinski definition) is 1. The second-order valence-corrected chi connectivity index (χ2v) is 4.21. The van der Waals surface area contributed by atoms with Crippen LogP contribution in [-0.4, -0.2) is 18.8 Å². The van der Waals surface area contributed by atoms with Crippen LogP contribution in [0.1, 0.15) is 5.56 Å². The number of benzene rings is 1. The molecule has 0 heterocycles. The maximum absolute atomic E-state index is 12.4. The molecule has 90 valence electrons. The molecule has 0 fully saturated rings. The SMILES string of the molecule is Cc1ccc(Br)cc1OC(CN)C(F)(F)F. The maximum Gasteiger partial charge on any atom is 0.426 e.